The molecule has 1 aliphatic heterocycles. The van der Waals surface area contributed by atoms with E-state index >= 15 is 0 Å². The number of nitrogens with zero attached hydrogens (tertiary/aromatic N) is 3. The van der Waals surface area contributed by atoms with Gasteiger partial charge in [-0.25, -0.2) is 4.99 Å². The summed E-state index contributed by atoms with van der Waals surface area (Å²) in [5.74, 6) is 0. The average molecular weight is 474 g/mol. The standard InChI is InChI=1S/C25H16ClN3O3S/c26-19-11-9-18(10-12-19)22-15-21(17-6-2-1-3-7-17)27-25-28(22)24(30)23(33-25)14-16-5-4-8-20(13-16)29(31)32/h1-15,22H. The third-order valence-corrected chi connectivity index (χ3v) is 6.54. The first-order valence-corrected chi connectivity index (χ1v) is 11.3. The molecule has 4 aromatic rings. The number of non-ortho nitro benzene ring substituents is 1. The Kier molecular flexibility index (Phi) is 5.50. The number of allylic oxidation sites excluding steroid dienone is 1. The number of halogens is 1. The molecule has 1 aliphatic rings. The van der Waals surface area contributed by atoms with Gasteiger partial charge in [0.05, 0.1) is 21.2 Å². The van der Waals surface area contributed by atoms with E-state index in [0.717, 1.165) is 16.8 Å². The summed E-state index contributed by atoms with van der Waals surface area (Å²) in [5, 5.41) is 11.7. The third kappa shape index (κ3) is 4.16. The highest BCUT2D eigenvalue weighted by atomic mass is 35.5. The second-order valence-corrected chi connectivity index (χ2v) is 8.89. The van der Waals surface area contributed by atoms with Gasteiger partial charge in [0.15, 0.2) is 4.80 Å². The van der Waals surface area contributed by atoms with Crippen molar-refractivity contribution in [3.8, 4) is 0 Å². The number of fused-ring (bicyclic) bond motifs is 1. The fourth-order valence-corrected chi connectivity index (χ4v) is 4.87. The summed E-state index contributed by atoms with van der Waals surface area (Å²) in [5.41, 5.74) is 2.99. The van der Waals surface area contributed by atoms with Crippen molar-refractivity contribution >= 4 is 40.4 Å². The maximum atomic E-state index is 13.4. The Hall–Kier alpha value is -3.81. The Labute approximate surface area is 197 Å². The van der Waals surface area contributed by atoms with Crippen LogP contribution in [0.2, 0.25) is 5.02 Å². The van der Waals surface area contributed by atoms with Gasteiger partial charge in [-0.2, -0.15) is 0 Å². The molecule has 1 unspecified atom stereocenters. The number of nitro groups is 1. The van der Waals surface area contributed by atoms with Crippen molar-refractivity contribution in [3.63, 3.8) is 0 Å². The molecule has 0 bridgehead atoms. The monoisotopic (exact) mass is 473 g/mol. The lowest BCUT2D eigenvalue weighted by atomic mass is 10.0. The molecule has 0 saturated heterocycles. The van der Waals surface area contributed by atoms with E-state index < -0.39 is 4.92 Å². The first-order valence-electron chi connectivity index (χ1n) is 10.1. The summed E-state index contributed by atoms with van der Waals surface area (Å²) in [6, 6.07) is 23.0. The highest BCUT2D eigenvalue weighted by molar-refractivity contribution is 7.07. The molecule has 5 rings (SSSR count). The molecule has 1 aromatic heterocycles. The molecule has 0 radical (unpaired) electrons. The van der Waals surface area contributed by atoms with Gasteiger partial charge >= 0.3 is 0 Å². The van der Waals surface area contributed by atoms with Crippen molar-refractivity contribution < 1.29 is 4.92 Å². The van der Waals surface area contributed by atoms with Gasteiger partial charge in [-0.05, 0) is 41.0 Å². The van der Waals surface area contributed by atoms with Crippen LogP contribution in [0.4, 0.5) is 5.69 Å². The van der Waals surface area contributed by atoms with Gasteiger partial charge < -0.3 is 0 Å². The van der Waals surface area contributed by atoms with Crippen molar-refractivity contribution in [2.24, 2.45) is 4.99 Å². The minimum absolute atomic E-state index is 0.0260. The topological polar surface area (TPSA) is 77.5 Å². The smallest absolute Gasteiger partial charge is 0.271 e. The molecule has 1 atom stereocenters. The minimum Gasteiger partial charge on any atom is -0.272 e. The van der Waals surface area contributed by atoms with Crippen LogP contribution in [-0.2, 0) is 0 Å². The molecule has 3 aromatic carbocycles. The van der Waals surface area contributed by atoms with E-state index in [0.29, 0.717) is 19.9 Å². The molecule has 0 spiro atoms. The summed E-state index contributed by atoms with van der Waals surface area (Å²) in [7, 11) is 0. The zero-order valence-corrected chi connectivity index (χ0v) is 18.7. The molecular weight excluding hydrogens is 458 g/mol. The lowest BCUT2D eigenvalue weighted by molar-refractivity contribution is -0.384. The molecule has 0 aliphatic carbocycles. The number of aromatic nitrogens is 1. The SMILES string of the molecule is O=c1c(=Cc2cccc([N+](=O)[O-])c2)sc2n1C(c1ccc(Cl)cc1)C=C(c1ccccc1)N=2. The number of nitro benzene ring substituents is 1. The fourth-order valence-electron chi connectivity index (χ4n) is 3.73. The van der Waals surface area contributed by atoms with Crippen LogP contribution in [-0.4, -0.2) is 9.49 Å². The van der Waals surface area contributed by atoms with Crippen LogP contribution < -0.4 is 14.9 Å². The summed E-state index contributed by atoms with van der Waals surface area (Å²) in [6.45, 7) is 0. The van der Waals surface area contributed by atoms with Gasteiger partial charge in [-0.1, -0.05) is 77.5 Å². The second-order valence-electron chi connectivity index (χ2n) is 7.45. The molecule has 162 valence electrons. The van der Waals surface area contributed by atoms with Gasteiger partial charge in [-0.15, -0.1) is 0 Å². The lowest BCUT2D eigenvalue weighted by Gasteiger charge is -2.19. The van der Waals surface area contributed by atoms with Crippen LogP contribution in [0.25, 0.3) is 11.8 Å². The molecule has 0 saturated carbocycles. The van der Waals surface area contributed by atoms with Crippen LogP contribution in [0.3, 0.4) is 0 Å². The summed E-state index contributed by atoms with van der Waals surface area (Å²) in [6.07, 6.45) is 3.64. The van der Waals surface area contributed by atoms with Crippen LogP contribution in [0.15, 0.2) is 94.7 Å². The van der Waals surface area contributed by atoms with E-state index in [1.807, 2.05) is 48.5 Å². The predicted octanol–water partition coefficient (Wildman–Crippen LogP) is 4.56. The van der Waals surface area contributed by atoms with E-state index in [1.165, 1.54) is 23.5 Å². The summed E-state index contributed by atoms with van der Waals surface area (Å²) < 4.78 is 2.11. The number of thiazole rings is 1. The molecule has 2 heterocycles. The average Bonchev–Trinajstić information content (AvgIpc) is 3.15. The van der Waals surface area contributed by atoms with Crippen LogP contribution >= 0.6 is 22.9 Å². The Morgan fingerprint density at radius 1 is 1.03 bits per heavy atom. The predicted molar refractivity (Wildman–Crippen MR) is 130 cm³/mol. The quantitative estimate of drug-likeness (QED) is 0.322. The number of rotatable bonds is 4. The van der Waals surface area contributed by atoms with E-state index in [4.69, 9.17) is 16.6 Å². The van der Waals surface area contributed by atoms with Crippen molar-refractivity contribution in [2.45, 2.75) is 6.04 Å². The van der Waals surface area contributed by atoms with Crippen molar-refractivity contribution in [1.82, 2.24) is 4.57 Å². The van der Waals surface area contributed by atoms with Gasteiger partial charge in [0.1, 0.15) is 0 Å². The first kappa shape index (κ1) is 21.1. The number of hydrogen-bond donors (Lipinski definition) is 0. The minimum atomic E-state index is -0.453. The second kappa shape index (κ2) is 8.61. The Bertz CT molecular complexity index is 1570. The van der Waals surface area contributed by atoms with Gasteiger partial charge in [0.2, 0.25) is 0 Å². The van der Waals surface area contributed by atoms with Crippen molar-refractivity contribution in [3.05, 3.63) is 136 Å². The fraction of sp³-hybridized carbons (Fsp3) is 0.0400. The maximum absolute atomic E-state index is 13.4. The molecule has 0 N–H and O–H groups in total. The zero-order chi connectivity index (χ0) is 22.9. The third-order valence-electron chi connectivity index (χ3n) is 5.31. The normalized spacial score (nSPS) is 15.5. The first-order chi connectivity index (χ1) is 16.0. The Morgan fingerprint density at radius 3 is 2.52 bits per heavy atom. The highest BCUT2D eigenvalue weighted by Gasteiger charge is 2.22. The largest absolute Gasteiger partial charge is 0.272 e. The van der Waals surface area contributed by atoms with E-state index in [-0.39, 0.29) is 17.3 Å². The maximum Gasteiger partial charge on any atom is 0.271 e. The molecule has 0 amide bonds. The summed E-state index contributed by atoms with van der Waals surface area (Å²) in [4.78, 5) is 29.4. The Morgan fingerprint density at radius 2 is 1.79 bits per heavy atom. The molecule has 0 fully saturated rings. The van der Waals surface area contributed by atoms with Gasteiger partial charge in [-0.3, -0.25) is 19.5 Å². The molecular formula is C25H16ClN3O3S. The van der Waals surface area contributed by atoms with Gasteiger partial charge in [0, 0.05) is 17.2 Å². The van der Waals surface area contributed by atoms with Crippen molar-refractivity contribution in [1.29, 1.82) is 0 Å². The van der Waals surface area contributed by atoms with E-state index in [1.54, 1.807) is 34.9 Å². The van der Waals surface area contributed by atoms with Crippen LogP contribution in [0.5, 0.6) is 0 Å². The molecule has 33 heavy (non-hydrogen) atoms. The van der Waals surface area contributed by atoms with Crippen LogP contribution in [0, 0.1) is 10.1 Å². The van der Waals surface area contributed by atoms with Crippen molar-refractivity contribution in [2.75, 3.05) is 0 Å². The highest BCUT2D eigenvalue weighted by Crippen LogP contribution is 2.27. The molecule has 8 heteroatoms. The van der Waals surface area contributed by atoms with E-state index in [2.05, 4.69) is 0 Å². The lowest BCUT2D eigenvalue weighted by Crippen LogP contribution is -2.36. The van der Waals surface area contributed by atoms with Crippen LogP contribution in [0.1, 0.15) is 22.7 Å². The zero-order valence-electron chi connectivity index (χ0n) is 17.1. The number of benzene rings is 3. The summed E-state index contributed by atoms with van der Waals surface area (Å²) >= 11 is 7.35. The number of hydrogen-bond acceptors (Lipinski definition) is 5. The van der Waals surface area contributed by atoms with E-state index in [9.17, 15) is 14.9 Å². The molecule has 6 nitrogen and oxygen atoms in total. The Balaban J connectivity index is 1.71. The van der Waals surface area contributed by atoms with Gasteiger partial charge in [0.25, 0.3) is 11.2 Å².